The minimum absolute atomic E-state index is 0.0145. The Labute approximate surface area is 173 Å². The highest BCUT2D eigenvalue weighted by Gasteiger charge is 2.19. The summed E-state index contributed by atoms with van der Waals surface area (Å²) in [5.74, 6) is 0.0108. The number of aromatic nitrogens is 2. The zero-order valence-electron chi connectivity index (χ0n) is 16.9. The molecule has 0 saturated carbocycles. The molecule has 0 aliphatic rings. The zero-order chi connectivity index (χ0) is 21.2. The van der Waals surface area contributed by atoms with Gasteiger partial charge in [-0.3, -0.25) is 14.5 Å². The smallest absolute Gasteiger partial charge is 0.215 e. The molecule has 0 radical (unpaired) electrons. The average molecular weight is 409 g/mol. The number of nitrogen functional groups attached to an aromatic ring is 1. The molecule has 1 unspecified atom stereocenters. The summed E-state index contributed by atoms with van der Waals surface area (Å²) >= 11 is 0. The standard InChI is InChI=1S/C22H24N4O2S/c1-14-11-18(20(25-12-14)21(27)15-5-10-19(23)24-13-15)26-29(28)17-8-6-16(7-9-17)22(2,3)4/h5-13,26H,1-4H3,(H2,23,24). The van der Waals surface area contributed by atoms with E-state index < -0.39 is 11.0 Å². The van der Waals surface area contributed by atoms with Gasteiger partial charge in [0.25, 0.3) is 0 Å². The fourth-order valence-electron chi connectivity index (χ4n) is 2.74. The van der Waals surface area contributed by atoms with Crippen molar-refractivity contribution >= 4 is 28.3 Å². The minimum atomic E-state index is -1.54. The molecule has 0 spiro atoms. The molecule has 1 aromatic carbocycles. The largest absolute Gasteiger partial charge is 0.384 e. The van der Waals surface area contributed by atoms with E-state index >= 15 is 0 Å². The van der Waals surface area contributed by atoms with E-state index in [-0.39, 0.29) is 16.9 Å². The van der Waals surface area contributed by atoms with Crippen LogP contribution in [0.1, 0.15) is 48.0 Å². The number of benzene rings is 1. The Balaban J connectivity index is 1.89. The summed E-state index contributed by atoms with van der Waals surface area (Å²) in [7, 11) is -1.54. The molecule has 2 heterocycles. The molecule has 29 heavy (non-hydrogen) atoms. The van der Waals surface area contributed by atoms with Gasteiger partial charge in [-0.05, 0) is 53.8 Å². The average Bonchev–Trinajstić information content (AvgIpc) is 2.67. The molecular weight excluding hydrogens is 384 g/mol. The van der Waals surface area contributed by atoms with Crippen LogP contribution in [0.2, 0.25) is 0 Å². The van der Waals surface area contributed by atoms with Crippen LogP contribution in [0, 0.1) is 6.92 Å². The first-order valence-corrected chi connectivity index (χ1v) is 10.3. The lowest BCUT2D eigenvalue weighted by Crippen LogP contribution is -2.14. The number of carbonyl (C=O) groups is 1. The van der Waals surface area contributed by atoms with Crippen LogP contribution in [0.15, 0.2) is 59.8 Å². The molecule has 3 N–H and O–H groups in total. The van der Waals surface area contributed by atoms with Crippen LogP contribution in [0.25, 0.3) is 0 Å². The summed E-state index contributed by atoms with van der Waals surface area (Å²) in [6, 6.07) is 12.5. The quantitative estimate of drug-likeness (QED) is 0.621. The van der Waals surface area contributed by atoms with Crippen LogP contribution >= 0.6 is 0 Å². The van der Waals surface area contributed by atoms with E-state index in [1.54, 1.807) is 24.4 Å². The number of rotatable bonds is 5. The van der Waals surface area contributed by atoms with E-state index in [0.29, 0.717) is 22.0 Å². The fraction of sp³-hybridized carbons (Fsp3) is 0.227. The summed E-state index contributed by atoms with van der Waals surface area (Å²) in [5, 5.41) is 0. The number of pyridine rings is 2. The Kier molecular flexibility index (Phi) is 5.79. The highest BCUT2D eigenvalue weighted by Crippen LogP contribution is 2.25. The number of nitrogens with one attached hydrogen (secondary N) is 1. The van der Waals surface area contributed by atoms with Crippen LogP contribution in [0.4, 0.5) is 11.5 Å². The molecule has 0 aliphatic heterocycles. The van der Waals surface area contributed by atoms with Gasteiger partial charge in [0.05, 0.1) is 10.6 Å². The second kappa shape index (κ2) is 8.13. The lowest BCUT2D eigenvalue weighted by molar-refractivity contribution is 0.103. The van der Waals surface area contributed by atoms with Crippen LogP contribution in [-0.4, -0.2) is 20.0 Å². The molecule has 0 aliphatic carbocycles. The highest BCUT2D eigenvalue weighted by molar-refractivity contribution is 7.86. The Hall–Kier alpha value is -3.06. The summed E-state index contributed by atoms with van der Waals surface area (Å²) in [6.45, 7) is 8.23. The SMILES string of the molecule is Cc1cnc(C(=O)c2ccc(N)nc2)c(NS(=O)c2ccc(C(C)(C)C)cc2)c1. The van der Waals surface area contributed by atoms with Gasteiger partial charge in [-0.1, -0.05) is 32.9 Å². The number of nitrogens with zero attached hydrogens (tertiary/aromatic N) is 2. The Morgan fingerprint density at radius 3 is 2.31 bits per heavy atom. The molecule has 3 rings (SSSR count). The fourth-order valence-corrected chi connectivity index (χ4v) is 3.60. The molecule has 7 heteroatoms. The normalized spacial score (nSPS) is 12.4. The predicted molar refractivity (Wildman–Crippen MR) is 116 cm³/mol. The maximum absolute atomic E-state index is 12.9. The number of hydrogen-bond donors (Lipinski definition) is 2. The van der Waals surface area contributed by atoms with E-state index in [4.69, 9.17) is 5.73 Å². The van der Waals surface area contributed by atoms with Gasteiger partial charge in [0.2, 0.25) is 5.78 Å². The van der Waals surface area contributed by atoms with Crippen LogP contribution in [0.5, 0.6) is 0 Å². The first kappa shape index (κ1) is 20.7. The summed E-state index contributed by atoms with van der Waals surface area (Å²) in [4.78, 5) is 21.7. The Morgan fingerprint density at radius 2 is 1.72 bits per heavy atom. The summed E-state index contributed by atoms with van der Waals surface area (Å²) < 4.78 is 15.8. The number of carbonyl (C=O) groups excluding carboxylic acids is 1. The van der Waals surface area contributed by atoms with Crippen molar-refractivity contribution in [1.29, 1.82) is 0 Å². The lowest BCUT2D eigenvalue weighted by Gasteiger charge is -2.19. The maximum Gasteiger partial charge on any atom is 0.215 e. The van der Waals surface area contributed by atoms with Gasteiger partial charge in [0.1, 0.15) is 22.5 Å². The van der Waals surface area contributed by atoms with E-state index in [0.717, 1.165) is 11.1 Å². The van der Waals surface area contributed by atoms with Gasteiger partial charge in [-0.15, -0.1) is 0 Å². The van der Waals surface area contributed by atoms with Gasteiger partial charge in [-0.25, -0.2) is 9.19 Å². The first-order valence-electron chi connectivity index (χ1n) is 9.17. The maximum atomic E-state index is 12.9. The molecule has 0 saturated heterocycles. The van der Waals surface area contributed by atoms with Gasteiger partial charge in [0.15, 0.2) is 0 Å². The van der Waals surface area contributed by atoms with E-state index in [1.165, 1.54) is 6.20 Å². The van der Waals surface area contributed by atoms with Gasteiger partial charge >= 0.3 is 0 Å². The van der Waals surface area contributed by atoms with Crippen molar-refractivity contribution < 1.29 is 9.00 Å². The Morgan fingerprint density at radius 1 is 1.03 bits per heavy atom. The first-order chi connectivity index (χ1) is 13.6. The summed E-state index contributed by atoms with van der Waals surface area (Å²) in [6.07, 6.45) is 3.01. The number of aryl methyl sites for hydroxylation is 1. The van der Waals surface area contributed by atoms with Crippen molar-refractivity contribution in [3.05, 3.63) is 77.2 Å². The monoisotopic (exact) mass is 408 g/mol. The minimum Gasteiger partial charge on any atom is -0.384 e. The third-order valence-corrected chi connectivity index (χ3v) is 5.53. The van der Waals surface area contributed by atoms with Crippen molar-refractivity contribution in [2.45, 2.75) is 38.0 Å². The molecule has 1 atom stereocenters. The third kappa shape index (κ3) is 4.86. The second-order valence-corrected chi connectivity index (χ2v) is 9.07. The molecule has 0 fully saturated rings. The van der Waals surface area contributed by atoms with Crippen LogP contribution in [-0.2, 0) is 16.4 Å². The lowest BCUT2D eigenvalue weighted by atomic mass is 9.87. The van der Waals surface area contributed by atoms with E-state index in [2.05, 4.69) is 35.5 Å². The number of ketones is 1. The molecular formula is C22H24N4O2S. The van der Waals surface area contributed by atoms with Crippen LogP contribution < -0.4 is 10.5 Å². The van der Waals surface area contributed by atoms with E-state index in [1.807, 2.05) is 31.2 Å². The van der Waals surface area contributed by atoms with Crippen molar-refractivity contribution in [2.24, 2.45) is 0 Å². The highest BCUT2D eigenvalue weighted by atomic mass is 32.2. The molecule has 150 valence electrons. The molecule has 6 nitrogen and oxygen atoms in total. The van der Waals surface area contributed by atoms with Gasteiger partial charge in [0, 0.05) is 18.0 Å². The third-order valence-electron chi connectivity index (χ3n) is 4.43. The van der Waals surface area contributed by atoms with Crippen molar-refractivity contribution in [1.82, 2.24) is 9.97 Å². The number of hydrogen-bond acceptors (Lipinski definition) is 5. The van der Waals surface area contributed by atoms with Crippen LogP contribution in [0.3, 0.4) is 0 Å². The van der Waals surface area contributed by atoms with Gasteiger partial charge < -0.3 is 5.73 Å². The predicted octanol–water partition coefficient (Wildman–Crippen LogP) is 4.03. The topological polar surface area (TPSA) is 98.0 Å². The molecule has 2 aromatic heterocycles. The number of anilines is 2. The molecule has 3 aromatic rings. The Bertz CT molecular complexity index is 1060. The van der Waals surface area contributed by atoms with Crippen molar-refractivity contribution in [3.63, 3.8) is 0 Å². The van der Waals surface area contributed by atoms with Crippen molar-refractivity contribution in [3.8, 4) is 0 Å². The van der Waals surface area contributed by atoms with Gasteiger partial charge in [-0.2, -0.15) is 0 Å². The van der Waals surface area contributed by atoms with Crippen molar-refractivity contribution in [2.75, 3.05) is 10.5 Å². The molecule has 0 amide bonds. The number of nitrogens with two attached hydrogens (primary N) is 1. The summed E-state index contributed by atoms with van der Waals surface area (Å²) in [5.41, 5.74) is 8.56. The molecule has 0 bridgehead atoms. The zero-order valence-corrected chi connectivity index (χ0v) is 17.7. The van der Waals surface area contributed by atoms with E-state index in [9.17, 15) is 9.00 Å². The second-order valence-electron chi connectivity index (χ2n) is 7.85.